The predicted molar refractivity (Wildman–Crippen MR) is 83.3 cm³/mol. The molecule has 20 heavy (non-hydrogen) atoms. The predicted octanol–water partition coefficient (Wildman–Crippen LogP) is 1.59. The molecule has 1 fully saturated rings. The standard InChI is InChI=1S/C16H27N3O/c1-17-16(13-6-5-7-15(10-13)20-4)11-14-12-18(2)8-9-19(14)3/h5-7,10,14,16-17H,8-9,11-12H2,1-4H3. The van der Waals surface area contributed by atoms with Crippen LogP contribution in [0.5, 0.6) is 5.75 Å². The number of methoxy groups -OCH3 is 1. The zero-order valence-corrected chi connectivity index (χ0v) is 13.1. The Kier molecular flexibility index (Phi) is 5.40. The molecule has 0 saturated carbocycles. The second-order valence-electron chi connectivity index (χ2n) is 5.75. The van der Waals surface area contributed by atoms with Crippen LogP contribution in [0.25, 0.3) is 0 Å². The molecule has 1 saturated heterocycles. The molecular formula is C16H27N3O. The van der Waals surface area contributed by atoms with E-state index in [1.807, 2.05) is 13.1 Å². The summed E-state index contributed by atoms with van der Waals surface area (Å²) in [5.41, 5.74) is 1.30. The minimum Gasteiger partial charge on any atom is -0.497 e. The number of rotatable bonds is 5. The van der Waals surface area contributed by atoms with Crippen LogP contribution >= 0.6 is 0 Å². The third kappa shape index (κ3) is 3.72. The second kappa shape index (κ2) is 7.07. The normalized spacial score (nSPS) is 22.7. The molecule has 2 rings (SSSR count). The first-order chi connectivity index (χ1) is 9.63. The minimum atomic E-state index is 0.365. The van der Waals surface area contributed by atoms with E-state index < -0.39 is 0 Å². The minimum absolute atomic E-state index is 0.365. The number of nitrogens with zero attached hydrogens (tertiary/aromatic N) is 2. The third-order valence-corrected chi connectivity index (χ3v) is 4.33. The molecule has 4 nitrogen and oxygen atoms in total. The van der Waals surface area contributed by atoms with E-state index in [0.717, 1.165) is 31.8 Å². The molecule has 1 heterocycles. The number of nitrogens with one attached hydrogen (secondary N) is 1. The van der Waals surface area contributed by atoms with Crippen LogP contribution in [0, 0.1) is 0 Å². The largest absolute Gasteiger partial charge is 0.497 e. The molecule has 1 aliphatic heterocycles. The lowest BCUT2D eigenvalue weighted by Gasteiger charge is -2.39. The maximum Gasteiger partial charge on any atom is 0.119 e. The molecule has 0 bridgehead atoms. The van der Waals surface area contributed by atoms with Crippen molar-refractivity contribution < 1.29 is 4.74 Å². The van der Waals surface area contributed by atoms with Gasteiger partial charge in [0.25, 0.3) is 0 Å². The van der Waals surface area contributed by atoms with Crippen LogP contribution in [0.15, 0.2) is 24.3 Å². The van der Waals surface area contributed by atoms with Crippen LogP contribution in [0.2, 0.25) is 0 Å². The van der Waals surface area contributed by atoms with Crippen LogP contribution in [0.1, 0.15) is 18.0 Å². The summed E-state index contributed by atoms with van der Waals surface area (Å²) >= 11 is 0. The fourth-order valence-electron chi connectivity index (χ4n) is 2.91. The summed E-state index contributed by atoms with van der Waals surface area (Å²) in [5, 5.41) is 3.45. The molecular weight excluding hydrogens is 250 g/mol. The lowest BCUT2D eigenvalue weighted by atomic mass is 9.97. The van der Waals surface area contributed by atoms with Crippen molar-refractivity contribution in [1.29, 1.82) is 0 Å². The highest BCUT2D eigenvalue weighted by Crippen LogP contribution is 2.25. The molecule has 0 amide bonds. The molecule has 0 aliphatic carbocycles. The second-order valence-corrected chi connectivity index (χ2v) is 5.75. The van der Waals surface area contributed by atoms with Crippen molar-refractivity contribution in [2.24, 2.45) is 0 Å². The van der Waals surface area contributed by atoms with Gasteiger partial charge in [0.15, 0.2) is 0 Å². The van der Waals surface area contributed by atoms with Gasteiger partial charge in [0.1, 0.15) is 5.75 Å². The van der Waals surface area contributed by atoms with Gasteiger partial charge in [0.05, 0.1) is 7.11 Å². The number of benzene rings is 1. The molecule has 4 heteroatoms. The summed E-state index contributed by atoms with van der Waals surface area (Å²) in [7, 11) is 8.20. The number of hydrogen-bond acceptors (Lipinski definition) is 4. The summed E-state index contributed by atoms with van der Waals surface area (Å²) in [6.07, 6.45) is 1.12. The quantitative estimate of drug-likeness (QED) is 0.884. The van der Waals surface area contributed by atoms with Crippen LogP contribution in [-0.4, -0.2) is 63.7 Å². The fourth-order valence-corrected chi connectivity index (χ4v) is 2.91. The van der Waals surface area contributed by atoms with E-state index in [0.29, 0.717) is 12.1 Å². The Morgan fingerprint density at radius 2 is 2.15 bits per heavy atom. The molecule has 1 aromatic carbocycles. The van der Waals surface area contributed by atoms with E-state index in [-0.39, 0.29) is 0 Å². The number of ether oxygens (including phenoxy) is 1. The fraction of sp³-hybridized carbons (Fsp3) is 0.625. The van der Waals surface area contributed by atoms with Crippen molar-refractivity contribution in [1.82, 2.24) is 15.1 Å². The third-order valence-electron chi connectivity index (χ3n) is 4.33. The van der Waals surface area contributed by atoms with Crippen molar-refractivity contribution in [3.8, 4) is 5.75 Å². The Morgan fingerprint density at radius 3 is 2.85 bits per heavy atom. The van der Waals surface area contributed by atoms with Gasteiger partial charge in [-0.2, -0.15) is 0 Å². The van der Waals surface area contributed by atoms with Gasteiger partial charge in [0.2, 0.25) is 0 Å². The molecule has 2 atom stereocenters. The van der Waals surface area contributed by atoms with E-state index in [1.54, 1.807) is 7.11 Å². The number of piperazine rings is 1. The number of hydrogen-bond donors (Lipinski definition) is 1. The van der Waals surface area contributed by atoms with Crippen LogP contribution in [0.3, 0.4) is 0 Å². The van der Waals surface area contributed by atoms with Gasteiger partial charge in [-0.05, 0) is 45.3 Å². The molecule has 1 aromatic rings. The highest BCUT2D eigenvalue weighted by Gasteiger charge is 2.25. The topological polar surface area (TPSA) is 27.7 Å². The van der Waals surface area contributed by atoms with Crippen molar-refractivity contribution in [2.45, 2.75) is 18.5 Å². The molecule has 1 aliphatic rings. The van der Waals surface area contributed by atoms with Crippen molar-refractivity contribution in [3.05, 3.63) is 29.8 Å². The van der Waals surface area contributed by atoms with Crippen molar-refractivity contribution in [2.75, 3.05) is 47.9 Å². The lowest BCUT2D eigenvalue weighted by Crippen LogP contribution is -2.50. The van der Waals surface area contributed by atoms with E-state index in [1.165, 1.54) is 5.56 Å². The maximum atomic E-state index is 5.33. The Hall–Kier alpha value is -1.10. The van der Waals surface area contributed by atoms with Crippen LogP contribution in [-0.2, 0) is 0 Å². The molecule has 0 aromatic heterocycles. The zero-order chi connectivity index (χ0) is 14.5. The Morgan fingerprint density at radius 1 is 1.35 bits per heavy atom. The zero-order valence-electron chi connectivity index (χ0n) is 13.1. The van der Waals surface area contributed by atoms with E-state index in [2.05, 4.69) is 47.4 Å². The van der Waals surface area contributed by atoms with Crippen LogP contribution in [0.4, 0.5) is 0 Å². The summed E-state index contributed by atoms with van der Waals surface area (Å²) < 4.78 is 5.33. The van der Waals surface area contributed by atoms with Gasteiger partial charge in [-0.3, -0.25) is 0 Å². The van der Waals surface area contributed by atoms with Crippen LogP contribution < -0.4 is 10.1 Å². The van der Waals surface area contributed by atoms with Gasteiger partial charge < -0.3 is 19.9 Å². The average Bonchev–Trinajstić information content (AvgIpc) is 2.48. The lowest BCUT2D eigenvalue weighted by molar-refractivity contribution is 0.102. The van der Waals surface area contributed by atoms with Crippen molar-refractivity contribution >= 4 is 0 Å². The van der Waals surface area contributed by atoms with Gasteiger partial charge >= 0.3 is 0 Å². The van der Waals surface area contributed by atoms with Gasteiger partial charge in [0, 0.05) is 31.7 Å². The Labute approximate surface area is 122 Å². The smallest absolute Gasteiger partial charge is 0.119 e. The molecule has 1 N–H and O–H groups in total. The maximum absolute atomic E-state index is 5.33. The SMILES string of the molecule is CNC(CC1CN(C)CCN1C)c1cccc(OC)c1. The summed E-state index contributed by atoms with van der Waals surface area (Å²) in [4.78, 5) is 4.90. The first-order valence-corrected chi connectivity index (χ1v) is 7.34. The van der Waals surface area contributed by atoms with Gasteiger partial charge in [-0.25, -0.2) is 0 Å². The Bertz CT molecular complexity index is 424. The van der Waals surface area contributed by atoms with E-state index in [9.17, 15) is 0 Å². The molecule has 2 unspecified atom stereocenters. The monoisotopic (exact) mass is 277 g/mol. The Balaban J connectivity index is 2.07. The average molecular weight is 277 g/mol. The summed E-state index contributed by atoms with van der Waals surface area (Å²) in [6, 6.07) is 9.33. The highest BCUT2D eigenvalue weighted by atomic mass is 16.5. The molecule has 0 spiro atoms. The highest BCUT2D eigenvalue weighted by molar-refractivity contribution is 5.30. The first kappa shape index (κ1) is 15.3. The van der Waals surface area contributed by atoms with Gasteiger partial charge in [-0.15, -0.1) is 0 Å². The summed E-state index contributed by atoms with van der Waals surface area (Å²) in [5.74, 6) is 0.928. The van der Waals surface area contributed by atoms with E-state index in [4.69, 9.17) is 4.74 Å². The summed E-state index contributed by atoms with van der Waals surface area (Å²) in [6.45, 7) is 3.45. The van der Waals surface area contributed by atoms with Gasteiger partial charge in [-0.1, -0.05) is 12.1 Å². The number of likely N-dealkylation sites (N-methyl/N-ethyl adjacent to an activating group) is 2. The molecule has 112 valence electrons. The first-order valence-electron chi connectivity index (χ1n) is 7.34. The van der Waals surface area contributed by atoms with Crippen molar-refractivity contribution in [3.63, 3.8) is 0 Å². The van der Waals surface area contributed by atoms with E-state index >= 15 is 0 Å². The molecule has 0 radical (unpaired) electrons.